The number of rotatable bonds is 6. The van der Waals surface area contributed by atoms with E-state index in [1.165, 1.54) is 9.75 Å². The lowest BCUT2D eigenvalue weighted by molar-refractivity contribution is 0.232. The summed E-state index contributed by atoms with van der Waals surface area (Å²) < 4.78 is 0. The number of aryl methyl sites for hydroxylation is 1. The summed E-state index contributed by atoms with van der Waals surface area (Å²) in [6.07, 6.45) is 3.29. The molecule has 3 N–H and O–H groups in total. The molecule has 0 saturated carbocycles. The third-order valence-corrected chi connectivity index (χ3v) is 4.78. The molecule has 0 aliphatic carbocycles. The molecular formula is C13H24N2S. The Kier molecular flexibility index (Phi) is 4.96. The van der Waals surface area contributed by atoms with E-state index in [4.69, 9.17) is 5.84 Å². The zero-order valence-corrected chi connectivity index (χ0v) is 11.7. The number of thiophene rings is 1. The first-order chi connectivity index (χ1) is 7.53. The first-order valence-electron chi connectivity index (χ1n) is 6.07. The van der Waals surface area contributed by atoms with Gasteiger partial charge in [-0.1, -0.05) is 27.7 Å². The van der Waals surface area contributed by atoms with Crippen molar-refractivity contribution < 1.29 is 0 Å². The highest BCUT2D eigenvalue weighted by atomic mass is 32.1. The molecule has 0 aliphatic rings. The molecule has 16 heavy (non-hydrogen) atoms. The molecule has 1 atom stereocenters. The fourth-order valence-corrected chi connectivity index (χ4v) is 2.73. The molecular weight excluding hydrogens is 216 g/mol. The molecule has 0 spiro atoms. The molecule has 0 radical (unpaired) electrons. The molecule has 1 heterocycles. The Morgan fingerprint density at radius 1 is 1.31 bits per heavy atom. The van der Waals surface area contributed by atoms with Gasteiger partial charge in [-0.3, -0.25) is 11.3 Å². The molecule has 3 heteroatoms. The zero-order valence-electron chi connectivity index (χ0n) is 10.8. The summed E-state index contributed by atoms with van der Waals surface area (Å²) in [5.41, 5.74) is 3.22. The second kappa shape index (κ2) is 5.80. The largest absolute Gasteiger partial charge is 0.271 e. The smallest absolute Gasteiger partial charge is 0.0309 e. The topological polar surface area (TPSA) is 38.0 Å². The van der Waals surface area contributed by atoms with Crippen LogP contribution < -0.4 is 11.3 Å². The molecule has 0 aromatic carbocycles. The van der Waals surface area contributed by atoms with Crippen LogP contribution in [0.5, 0.6) is 0 Å². The molecule has 0 bridgehead atoms. The highest BCUT2D eigenvalue weighted by Crippen LogP contribution is 2.28. The summed E-state index contributed by atoms with van der Waals surface area (Å²) in [4.78, 5) is 2.89. The Balaban J connectivity index is 2.70. The lowest BCUT2D eigenvalue weighted by Crippen LogP contribution is -2.46. The van der Waals surface area contributed by atoms with Crippen LogP contribution in [-0.2, 0) is 12.8 Å². The van der Waals surface area contributed by atoms with E-state index < -0.39 is 0 Å². The zero-order chi connectivity index (χ0) is 12.2. The van der Waals surface area contributed by atoms with Crippen LogP contribution in [0.15, 0.2) is 12.1 Å². The SMILES string of the molecule is CCc1ccc(CC(NN)C(C)(C)CC)s1. The van der Waals surface area contributed by atoms with Crippen LogP contribution in [0.4, 0.5) is 0 Å². The maximum absolute atomic E-state index is 5.68. The van der Waals surface area contributed by atoms with E-state index >= 15 is 0 Å². The molecule has 1 aromatic rings. The number of nitrogens with one attached hydrogen (secondary N) is 1. The standard InChI is InChI=1S/C13H24N2S/c1-5-10-7-8-11(16-10)9-12(15-14)13(3,4)6-2/h7-8,12,15H,5-6,9,14H2,1-4H3. The number of hydrogen-bond donors (Lipinski definition) is 2. The van der Waals surface area contributed by atoms with Crippen molar-refractivity contribution in [3.8, 4) is 0 Å². The Bertz CT molecular complexity index is 317. The summed E-state index contributed by atoms with van der Waals surface area (Å²) in [5.74, 6) is 5.68. The van der Waals surface area contributed by atoms with E-state index in [-0.39, 0.29) is 5.41 Å². The van der Waals surface area contributed by atoms with Crippen LogP contribution in [0.3, 0.4) is 0 Å². The van der Waals surface area contributed by atoms with Gasteiger partial charge < -0.3 is 0 Å². The normalized spacial score (nSPS) is 14.1. The number of hydrogen-bond acceptors (Lipinski definition) is 3. The molecule has 92 valence electrons. The van der Waals surface area contributed by atoms with E-state index in [1.807, 2.05) is 11.3 Å². The van der Waals surface area contributed by atoms with Gasteiger partial charge in [0.05, 0.1) is 0 Å². The monoisotopic (exact) mass is 240 g/mol. The summed E-state index contributed by atoms with van der Waals surface area (Å²) in [6, 6.07) is 4.81. The van der Waals surface area contributed by atoms with E-state index in [0.717, 1.165) is 19.3 Å². The highest BCUT2D eigenvalue weighted by molar-refractivity contribution is 7.11. The van der Waals surface area contributed by atoms with Gasteiger partial charge in [0.1, 0.15) is 0 Å². The van der Waals surface area contributed by atoms with Gasteiger partial charge in [0, 0.05) is 15.8 Å². The van der Waals surface area contributed by atoms with Gasteiger partial charge >= 0.3 is 0 Å². The molecule has 0 amide bonds. The number of nitrogens with two attached hydrogens (primary N) is 1. The van der Waals surface area contributed by atoms with Crippen molar-refractivity contribution in [1.29, 1.82) is 0 Å². The summed E-state index contributed by atoms with van der Waals surface area (Å²) >= 11 is 1.91. The fourth-order valence-electron chi connectivity index (χ4n) is 1.73. The van der Waals surface area contributed by atoms with Crippen molar-refractivity contribution in [3.63, 3.8) is 0 Å². The average molecular weight is 240 g/mol. The van der Waals surface area contributed by atoms with Gasteiger partial charge in [-0.05, 0) is 36.8 Å². The van der Waals surface area contributed by atoms with E-state index in [0.29, 0.717) is 6.04 Å². The lowest BCUT2D eigenvalue weighted by Gasteiger charge is -2.32. The second-order valence-corrected chi connectivity index (χ2v) is 6.24. The Morgan fingerprint density at radius 3 is 2.38 bits per heavy atom. The van der Waals surface area contributed by atoms with Crippen LogP contribution in [0.1, 0.15) is 43.9 Å². The van der Waals surface area contributed by atoms with Crippen molar-refractivity contribution in [2.45, 2.75) is 53.0 Å². The average Bonchev–Trinajstić information content (AvgIpc) is 2.73. The minimum atomic E-state index is 0.241. The van der Waals surface area contributed by atoms with Crippen molar-refractivity contribution >= 4 is 11.3 Å². The summed E-state index contributed by atoms with van der Waals surface area (Å²) in [5, 5.41) is 0. The Labute approximate surface area is 103 Å². The number of hydrazine groups is 1. The minimum absolute atomic E-state index is 0.241. The minimum Gasteiger partial charge on any atom is -0.271 e. The van der Waals surface area contributed by atoms with Crippen molar-refractivity contribution in [2.24, 2.45) is 11.3 Å². The van der Waals surface area contributed by atoms with Crippen molar-refractivity contribution in [1.82, 2.24) is 5.43 Å². The first kappa shape index (κ1) is 13.7. The van der Waals surface area contributed by atoms with E-state index in [2.05, 4.69) is 45.3 Å². The van der Waals surface area contributed by atoms with Gasteiger partial charge in [0.15, 0.2) is 0 Å². The maximum Gasteiger partial charge on any atom is 0.0309 e. The van der Waals surface area contributed by atoms with Gasteiger partial charge in [0.25, 0.3) is 0 Å². The fraction of sp³-hybridized carbons (Fsp3) is 0.692. The first-order valence-corrected chi connectivity index (χ1v) is 6.88. The van der Waals surface area contributed by atoms with Gasteiger partial charge in [-0.25, -0.2) is 0 Å². The maximum atomic E-state index is 5.68. The van der Waals surface area contributed by atoms with Crippen LogP contribution in [0.25, 0.3) is 0 Å². The molecule has 0 aliphatic heterocycles. The summed E-state index contributed by atoms with van der Waals surface area (Å²) in [7, 11) is 0. The second-order valence-electron chi connectivity index (χ2n) is 4.99. The summed E-state index contributed by atoms with van der Waals surface area (Å²) in [6.45, 7) is 8.96. The third-order valence-electron chi connectivity index (χ3n) is 3.53. The van der Waals surface area contributed by atoms with Gasteiger partial charge in [-0.2, -0.15) is 0 Å². The third kappa shape index (κ3) is 3.30. The molecule has 2 nitrogen and oxygen atoms in total. The van der Waals surface area contributed by atoms with Crippen molar-refractivity contribution in [2.75, 3.05) is 0 Å². The molecule has 0 fully saturated rings. The predicted molar refractivity (Wildman–Crippen MR) is 72.6 cm³/mol. The van der Waals surface area contributed by atoms with E-state index in [9.17, 15) is 0 Å². The molecule has 1 aromatic heterocycles. The quantitative estimate of drug-likeness (QED) is 0.592. The van der Waals surface area contributed by atoms with Crippen LogP contribution >= 0.6 is 11.3 Å². The van der Waals surface area contributed by atoms with E-state index in [1.54, 1.807) is 0 Å². The van der Waals surface area contributed by atoms with Gasteiger partial charge in [0.2, 0.25) is 0 Å². The highest BCUT2D eigenvalue weighted by Gasteiger charge is 2.27. The van der Waals surface area contributed by atoms with Crippen LogP contribution in [-0.4, -0.2) is 6.04 Å². The molecule has 0 saturated heterocycles. The molecule has 1 rings (SSSR count). The van der Waals surface area contributed by atoms with Gasteiger partial charge in [-0.15, -0.1) is 11.3 Å². The molecule has 1 unspecified atom stereocenters. The Morgan fingerprint density at radius 2 is 1.94 bits per heavy atom. The van der Waals surface area contributed by atoms with Crippen LogP contribution in [0.2, 0.25) is 0 Å². The van der Waals surface area contributed by atoms with Crippen LogP contribution in [0, 0.1) is 5.41 Å². The predicted octanol–water partition coefficient (Wildman–Crippen LogP) is 3.12. The lowest BCUT2D eigenvalue weighted by atomic mass is 9.80. The Hall–Kier alpha value is -0.380. The van der Waals surface area contributed by atoms with Crippen molar-refractivity contribution in [3.05, 3.63) is 21.9 Å².